The molecule has 1 aromatic rings. The Morgan fingerprint density at radius 2 is 2.23 bits per heavy atom. The van der Waals surface area contributed by atoms with Gasteiger partial charge in [0.2, 0.25) is 0 Å². The molecule has 0 radical (unpaired) electrons. The Morgan fingerprint density at radius 3 is 2.69 bits per heavy atom. The fourth-order valence-electron chi connectivity index (χ4n) is 0.766. The van der Waals surface area contributed by atoms with Crippen LogP contribution in [0.2, 0.25) is 0 Å². The second-order valence-electron chi connectivity index (χ2n) is 2.58. The first kappa shape index (κ1) is 15.7. The minimum atomic E-state index is 0. The van der Waals surface area contributed by atoms with Crippen LogP contribution in [0, 0.1) is 6.07 Å². The maximum absolute atomic E-state index is 5.53. The molecule has 0 aliphatic heterocycles. The molecule has 1 rings (SSSR count). The van der Waals surface area contributed by atoms with Crippen molar-refractivity contribution in [1.29, 1.82) is 0 Å². The van der Waals surface area contributed by atoms with Gasteiger partial charge in [-0.3, -0.25) is 0 Å². The second kappa shape index (κ2) is 8.85. The van der Waals surface area contributed by atoms with Crippen LogP contribution in [0.1, 0.15) is 20.3 Å². The van der Waals surface area contributed by atoms with Crippen molar-refractivity contribution in [2.24, 2.45) is 0 Å². The van der Waals surface area contributed by atoms with Crippen LogP contribution in [0.25, 0.3) is 0 Å². The zero-order valence-electron chi connectivity index (χ0n) is 8.09. The Labute approximate surface area is 107 Å². The van der Waals surface area contributed by atoms with Crippen molar-refractivity contribution < 1.29 is 21.7 Å². The van der Waals surface area contributed by atoms with Crippen molar-refractivity contribution in [2.45, 2.75) is 26.4 Å². The van der Waals surface area contributed by atoms with Gasteiger partial charge >= 0.3 is 23.1 Å². The van der Waals surface area contributed by atoms with Crippen molar-refractivity contribution >= 4 is 23.1 Å². The average molecular weight is 253 g/mol. The van der Waals surface area contributed by atoms with Crippen LogP contribution >= 0.6 is 0 Å². The Bertz CT molecular complexity index is 203. The molecule has 1 nitrogen and oxygen atoms in total. The summed E-state index contributed by atoms with van der Waals surface area (Å²) in [4.78, 5) is 0. The van der Waals surface area contributed by atoms with Crippen molar-refractivity contribution in [2.75, 3.05) is 0 Å². The molecule has 0 aliphatic rings. The van der Waals surface area contributed by atoms with E-state index in [2.05, 4.69) is 19.9 Å². The van der Waals surface area contributed by atoms with Crippen LogP contribution in [-0.4, -0.2) is 29.2 Å². The molecule has 0 saturated carbocycles. The zero-order chi connectivity index (χ0) is 8.10. The third-order valence-electron chi connectivity index (χ3n) is 1.59. The quantitative estimate of drug-likeness (QED) is 0.511. The third-order valence-corrected chi connectivity index (χ3v) is 1.59. The molecule has 13 heavy (non-hydrogen) atoms. The molecule has 1 atom stereocenters. The Balaban J connectivity index is 0. The number of hydrogen-bond donors (Lipinski definition) is 0. The maximum atomic E-state index is 5.53. The van der Waals surface area contributed by atoms with Gasteiger partial charge < -0.3 is 21.7 Å². The largest absolute Gasteiger partial charge is 2.00 e. The predicted molar refractivity (Wildman–Crippen MR) is 51.4 cm³/mol. The SMILES string of the molecule is CCC(C)Oc1c[c-]ccc1.[Br-].[Mg+2]. The van der Waals surface area contributed by atoms with Gasteiger partial charge in [0, 0.05) is 5.75 Å². The molecule has 0 fully saturated rings. The fraction of sp³-hybridized carbons (Fsp3) is 0.400. The van der Waals surface area contributed by atoms with Crippen LogP contribution in [0.3, 0.4) is 0 Å². The molecule has 0 aromatic heterocycles. The van der Waals surface area contributed by atoms with Gasteiger partial charge in [0.05, 0.1) is 6.10 Å². The van der Waals surface area contributed by atoms with Crippen molar-refractivity contribution in [1.82, 2.24) is 0 Å². The Kier molecular flexibility index (Phi) is 10.7. The van der Waals surface area contributed by atoms with Crippen molar-refractivity contribution in [3.63, 3.8) is 0 Å². The summed E-state index contributed by atoms with van der Waals surface area (Å²) < 4.78 is 5.53. The number of ether oxygens (including phenoxy) is 1. The third kappa shape index (κ3) is 6.35. The summed E-state index contributed by atoms with van der Waals surface area (Å²) in [6, 6.07) is 10.6. The smallest absolute Gasteiger partial charge is 1.00 e. The summed E-state index contributed by atoms with van der Waals surface area (Å²) in [7, 11) is 0. The molecule has 0 saturated heterocycles. The summed E-state index contributed by atoms with van der Waals surface area (Å²) >= 11 is 0. The first-order valence-corrected chi connectivity index (χ1v) is 3.95. The van der Waals surface area contributed by atoms with E-state index in [9.17, 15) is 0 Å². The number of hydrogen-bond acceptors (Lipinski definition) is 1. The van der Waals surface area contributed by atoms with Gasteiger partial charge in [0.1, 0.15) is 0 Å². The minimum Gasteiger partial charge on any atom is -1.00 e. The summed E-state index contributed by atoms with van der Waals surface area (Å²) in [6.45, 7) is 4.17. The van der Waals surface area contributed by atoms with Gasteiger partial charge in [-0.2, -0.15) is 18.2 Å². The van der Waals surface area contributed by atoms with Crippen LogP contribution in [0.5, 0.6) is 5.75 Å². The molecule has 1 aromatic carbocycles. The van der Waals surface area contributed by atoms with E-state index in [4.69, 9.17) is 4.74 Å². The van der Waals surface area contributed by atoms with E-state index < -0.39 is 0 Å². The van der Waals surface area contributed by atoms with E-state index in [-0.39, 0.29) is 40.0 Å². The molecule has 0 aliphatic carbocycles. The zero-order valence-corrected chi connectivity index (χ0v) is 11.1. The standard InChI is InChI=1S/C10H13O.BrH.Mg/c1-3-9(2)11-10-7-5-4-6-8-10;;/h4-5,7-9H,3H2,1-2H3;1H;/q-1;;+2/p-1. The molecule has 0 heterocycles. The first-order chi connectivity index (χ1) is 5.33. The van der Waals surface area contributed by atoms with Crippen LogP contribution in [0.15, 0.2) is 24.3 Å². The van der Waals surface area contributed by atoms with E-state index in [0.717, 1.165) is 12.2 Å². The molecule has 68 valence electrons. The number of benzene rings is 1. The van der Waals surface area contributed by atoms with Crippen molar-refractivity contribution in [3.05, 3.63) is 30.3 Å². The van der Waals surface area contributed by atoms with Gasteiger partial charge in [-0.15, -0.1) is 12.1 Å². The second-order valence-corrected chi connectivity index (χ2v) is 2.58. The molecule has 0 N–H and O–H groups in total. The van der Waals surface area contributed by atoms with E-state index in [1.807, 2.05) is 24.3 Å². The number of rotatable bonds is 3. The predicted octanol–water partition coefficient (Wildman–Crippen LogP) is -0.713. The minimum absolute atomic E-state index is 0. The van der Waals surface area contributed by atoms with Gasteiger partial charge in [-0.05, 0) is 13.3 Å². The maximum Gasteiger partial charge on any atom is 2.00 e. The molecule has 1 unspecified atom stereocenters. The van der Waals surface area contributed by atoms with Gasteiger partial charge in [-0.1, -0.05) is 6.92 Å². The first-order valence-electron chi connectivity index (χ1n) is 3.95. The molecular formula is C10H13BrMgO. The fourth-order valence-corrected chi connectivity index (χ4v) is 0.766. The Hall–Kier alpha value is 0.266. The van der Waals surface area contributed by atoms with E-state index >= 15 is 0 Å². The van der Waals surface area contributed by atoms with Gasteiger partial charge in [-0.25, -0.2) is 0 Å². The molecule has 0 spiro atoms. The summed E-state index contributed by atoms with van der Waals surface area (Å²) in [5, 5.41) is 0. The molecular weight excluding hydrogens is 240 g/mol. The number of halogens is 1. The molecule has 0 bridgehead atoms. The summed E-state index contributed by atoms with van der Waals surface area (Å²) in [6.07, 6.45) is 1.33. The molecule has 0 amide bonds. The van der Waals surface area contributed by atoms with Crippen molar-refractivity contribution in [3.8, 4) is 5.75 Å². The normalized spacial score (nSPS) is 10.6. The topological polar surface area (TPSA) is 9.23 Å². The molecule has 3 heteroatoms. The van der Waals surface area contributed by atoms with E-state index in [0.29, 0.717) is 6.10 Å². The van der Waals surface area contributed by atoms with Crippen LogP contribution < -0.4 is 21.7 Å². The van der Waals surface area contributed by atoms with Gasteiger partial charge in [0.15, 0.2) is 0 Å². The summed E-state index contributed by atoms with van der Waals surface area (Å²) in [5.41, 5.74) is 0. The average Bonchev–Trinajstić information content (AvgIpc) is 2.06. The summed E-state index contributed by atoms with van der Waals surface area (Å²) in [5.74, 6) is 0.904. The van der Waals surface area contributed by atoms with Crippen LogP contribution in [0.4, 0.5) is 0 Å². The van der Waals surface area contributed by atoms with Gasteiger partial charge in [0.25, 0.3) is 0 Å². The van der Waals surface area contributed by atoms with Crippen LogP contribution in [-0.2, 0) is 0 Å². The van der Waals surface area contributed by atoms with E-state index in [1.165, 1.54) is 0 Å². The van der Waals surface area contributed by atoms with E-state index in [1.54, 1.807) is 0 Å². The monoisotopic (exact) mass is 252 g/mol. The Morgan fingerprint density at radius 1 is 1.54 bits per heavy atom.